The SMILES string of the molecule is C.CC(=O)C1(N)Sc2ccccc2N(Cl)C1C(=O)OC(C)(C)C. The smallest absolute Gasteiger partial charge is 0.334 e. The summed E-state index contributed by atoms with van der Waals surface area (Å²) in [5, 5.41) is 0. The number of benzene rings is 1. The van der Waals surface area contributed by atoms with Crippen molar-refractivity contribution in [2.24, 2.45) is 5.73 Å². The summed E-state index contributed by atoms with van der Waals surface area (Å²) < 4.78 is 6.61. The van der Waals surface area contributed by atoms with Crippen molar-refractivity contribution in [3.05, 3.63) is 24.3 Å². The first-order valence-corrected chi connectivity index (χ1v) is 7.97. The van der Waals surface area contributed by atoms with Crippen molar-refractivity contribution in [2.45, 2.75) is 56.5 Å². The van der Waals surface area contributed by atoms with Crippen molar-refractivity contribution in [3.63, 3.8) is 0 Å². The van der Waals surface area contributed by atoms with Crippen LogP contribution < -0.4 is 10.2 Å². The molecule has 2 unspecified atom stereocenters. The molecule has 0 aliphatic carbocycles. The molecule has 128 valence electrons. The minimum atomic E-state index is -1.50. The molecule has 0 aromatic heterocycles. The highest BCUT2D eigenvalue weighted by Crippen LogP contribution is 2.47. The number of ether oxygens (including phenoxy) is 1. The van der Waals surface area contributed by atoms with Crippen molar-refractivity contribution in [2.75, 3.05) is 4.42 Å². The van der Waals surface area contributed by atoms with Crippen molar-refractivity contribution >= 4 is 41.0 Å². The summed E-state index contributed by atoms with van der Waals surface area (Å²) in [4.78, 5) is 23.9. The topological polar surface area (TPSA) is 72.6 Å². The third kappa shape index (κ3) is 3.82. The van der Waals surface area contributed by atoms with Gasteiger partial charge in [0.05, 0.1) is 5.69 Å². The molecule has 1 aromatic carbocycles. The van der Waals surface area contributed by atoms with E-state index in [1.54, 1.807) is 32.9 Å². The van der Waals surface area contributed by atoms with E-state index in [4.69, 9.17) is 22.2 Å². The maximum atomic E-state index is 12.6. The first kappa shape index (κ1) is 19.8. The van der Waals surface area contributed by atoms with Gasteiger partial charge in [0.25, 0.3) is 0 Å². The third-order valence-corrected chi connectivity index (χ3v) is 4.98. The summed E-state index contributed by atoms with van der Waals surface area (Å²) in [5.41, 5.74) is 6.19. The number of Topliss-reactive ketones (excluding diaryl/α,β-unsaturated/α-hetero) is 1. The number of fused-ring (bicyclic) bond motifs is 1. The van der Waals surface area contributed by atoms with Crippen LogP contribution in [0.5, 0.6) is 0 Å². The van der Waals surface area contributed by atoms with Crippen LogP contribution in [0.3, 0.4) is 0 Å². The summed E-state index contributed by atoms with van der Waals surface area (Å²) in [6, 6.07) is 6.10. The van der Waals surface area contributed by atoms with Gasteiger partial charge in [-0.25, -0.2) is 4.79 Å². The zero-order valence-corrected chi connectivity index (χ0v) is 14.5. The summed E-state index contributed by atoms with van der Waals surface area (Å²) >= 11 is 7.49. The number of carbonyl (C=O) groups excluding carboxylic acids is 2. The van der Waals surface area contributed by atoms with E-state index in [1.807, 2.05) is 12.1 Å². The van der Waals surface area contributed by atoms with Crippen LogP contribution in [0, 0.1) is 0 Å². The van der Waals surface area contributed by atoms with Crippen LogP contribution in [-0.2, 0) is 14.3 Å². The van der Waals surface area contributed by atoms with Crippen molar-refractivity contribution in [3.8, 4) is 0 Å². The number of hydrogen-bond donors (Lipinski definition) is 1. The van der Waals surface area contributed by atoms with E-state index in [1.165, 1.54) is 11.3 Å². The molecule has 2 atom stereocenters. The third-order valence-electron chi connectivity index (χ3n) is 3.19. The number of anilines is 1. The number of nitrogens with two attached hydrogens (primary N) is 1. The second-order valence-corrected chi connectivity index (χ2v) is 7.85. The minimum absolute atomic E-state index is 0. The van der Waals surface area contributed by atoms with E-state index >= 15 is 0 Å². The fourth-order valence-corrected chi connectivity index (χ4v) is 3.88. The van der Waals surface area contributed by atoms with Gasteiger partial charge in [0.2, 0.25) is 0 Å². The number of nitrogens with zero attached hydrogens (tertiary/aromatic N) is 1. The van der Waals surface area contributed by atoms with Gasteiger partial charge in [-0.2, -0.15) is 0 Å². The lowest BCUT2D eigenvalue weighted by Gasteiger charge is -2.43. The number of hydrogen-bond acceptors (Lipinski definition) is 6. The highest BCUT2D eigenvalue weighted by molar-refractivity contribution is 8.01. The van der Waals surface area contributed by atoms with Crippen LogP contribution >= 0.6 is 23.5 Å². The van der Waals surface area contributed by atoms with E-state index in [-0.39, 0.29) is 13.2 Å². The molecule has 0 bridgehead atoms. The Morgan fingerprint density at radius 1 is 1.35 bits per heavy atom. The average molecular weight is 359 g/mol. The molecule has 0 radical (unpaired) electrons. The first-order valence-electron chi connectivity index (χ1n) is 6.82. The molecule has 0 amide bonds. The Bertz CT molecular complexity index is 618. The van der Waals surface area contributed by atoms with Crippen LogP contribution in [-0.4, -0.2) is 28.3 Å². The van der Waals surface area contributed by atoms with E-state index < -0.39 is 22.5 Å². The molecule has 1 aliphatic heterocycles. The number of rotatable bonds is 2. The predicted molar refractivity (Wildman–Crippen MR) is 94.6 cm³/mol. The Morgan fingerprint density at radius 2 is 1.91 bits per heavy atom. The molecule has 2 N–H and O–H groups in total. The Labute approximate surface area is 146 Å². The van der Waals surface area contributed by atoms with Crippen LogP contribution in [0.25, 0.3) is 0 Å². The molecule has 2 rings (SSSR count). The van der Waals surface area contributed by atoms with E-state index in [0.717, 1.165) is 16.7 Å². The first-order chi connectivity index (χ1) is 10.1. The van der Waals surface area contributed by atoms with Gasteiger partial charge < -0.3 is 10.5 Å². The molecule has 0 spiro atoms. The zero-order valence-electron chi connectivity index (χ0n) is 12.9. The molecule has 1 heterocycles. The largest absolute Gasteiger partial charge is 0.458 e. The fourth-order valence-electron chi connectivity index (χ4n) is 2.15. The van der Waals surface area contributed by atoms with Gasteiger partial charge in [-0.3, -0.25) is 9.21 Å². The van der Waals surface area contributed by atoms with Gasteiger partial charge >= 0.3 is 5.97 Å². The zero-order chi connectivity index (χ0) is 16.7. The van der Waals surface area contributed by atoms with Crippen molar-refractivity contribution < 1.29 is 14.3 Å². The van der Waals surface area contributed by atoms with E-state index in [2.05, 4.69) is 0 Å². The molecular formula is C16H23ClN2O3S. The van der Waals surface area contributed by atoms with Crippen LogP contribution in [0.4, 0.5) is 5.69 Å². The highest BCUT2D eigenvalue weighted by atomic mass is 35.5. The van der Waals surface area contributed by atoms with Gasteiger partial charge in [-0.1, -0.05) is 31.3 Å². The van der Waals surface area contributed by atoms with Gasteiger partial charge in [0.15, 0.2) is 16.7 Å². The lowest BCUT2D eigenvalue weighted by atomic mass is 10.0. The van der Waals surface area contributed by atoms with Crippen LogP contribution in [0.1, 0.15) is 35.1 Å². The summed E-state index contributed by atoms with van der Waals surface area (Å²) in [6.45, 7) is 6.60. The monoisotopic (exact) mass is 358 g/mol. The predicted octanol–water partition coefficient (Wildman–Crippen LogP) is 3.34. The van der Waals surface area contributed by atoms with Gasteiger partial charge in [0.1, 0.15) is 5.60 Å². The number of thioether (sulfide) groups is 1. The lowest BCUT2D eigenvalue weighted by Crippen LogP contribution is -2.64. The quantitative estimate of drug-likeness (QED) is 0.645. The normalized spacial score (nSPS) is 23.6. The maximum absolute atomic E-state index is 12.6. The lowest BCUT2D eigenvalue weighted by molar-refractivity contribution is -0.158. The molecule has 23 heavy (non-hydrogen) atoms. The standard InChI is InChI=1S/C15H19ClN2O3S.CH4/c1-9(19)15(17)12(13(20)21-14(2,3)4)18(16)10-7-5-6-8-11(10)22-15;/h5-8,12H,17H2,1-4H3;1H4. The fraction of sp³-hybridized carbons (Fsp3) is 0.500. The highest BCUT2D eigenvalue weighted by Gasteiger charge is 2.53. The number of esters is 1. The molecule has 5 nitrogen and oxygen atoms in total. The van der Waals surface area contributed by atoms with Crippen LogP contribution in [0.15, 0.2) is 29.2 Å². The molecule has 1 aromatic rings. The molecule has 7 heteroatoms. The molecular weight excluding hydrogens is 336 g/mol. The summed E-state index contributed by atoms with van der Waals surface area (Å²) in [6.07, 6.45) is 0. The Kier molecular flexibility index (Phi) is 5.78. The minimum Gasteiger partial charge on any atom is -0.458 e. The Morgan fingerprint density at radius 3 is 2.43 bits per heavy atom. The second-order valence-electron chi connectivity index (χ2n) is 6.17. The molecule has 0 saturated carbocycles. The summed E-state index contributed by atoms with van der Waals surface area (Å²) in [5.74, 6) is -0.962. The van der Waals surface area contributed by atoms with Gasteiger partial charge in [-0.05, 0) is 39.8 Å². The van der Waals surface area contributed by atoms with Crippen LogP contribution in [0.2, 0.25) is 0 Å². The van der Waals surface area contributed by atoms with Gasteiger partial charge in [0, 0.05) is 16.7 Å². The Hall–Kier alpha value is -1.24. The molecule has 1 aliphatic rings. The second kappa shape index (κ2) is 6.71. The average Bonchev–Trinajstić information content (AvgIpc) is 2.36. The summed E-state index contributed by atoms with van der Waals surface area (Å²) in [7, 11) is 0. The number of carbonyl (C=O) groups is 2. The van der Waals surface area contributed by atoms with Crippen molar-refractivity contribution in [1.29, 1.82) is 0 Å². The van der Waals surface area contributed by atoms with E-state index in [9.17, 15) is 9.59 Å². The number of para-hydroxylation sites is 1. The van der Waals surface area contributed by atoms with Crippen molar-refractivity contribution in [1.82, 2.24) is 0 Å². The maximum Gasteiger partial charge on any atom is 0.334 e. The molecule has 0 saturated heterocycles. The van der Waals surface area contributed by atoms with E-state index in [0.29, 0.717) is 5.69 Å². The molecule has 0 fully saturated rings. The van der Waals surface area contributed by atoms with Gasteiger partial charge in [-0.15, -0.1) is 0 Å². The number of halogens is 1. The number of ketones is 1. The Balaban J connectivity index is 0.00000264.